The lowest BCUT2D eigenvalue weighted by atomic mass is 10.1. The molecule has 0 saturated carbocycles. The zero-order chi connectivity index (χ0) is 20.5. The average Bonchev–Trinajstić information content (AvgIpc) is 2.67. The van der Waals surface area contributed by atoms with Gasteiger partial charge < -0.3 is 14.8 Å². The molecule has 2 aromatic carbocycles. The van der Waals surface area contributed by atoms with Crippen LogP contribution in [0.2, 0.25) is 5.02 Å². The fourth-order valence-electron chi connectivity index (χ4n) is 2.37. The van der Waals surface area contributed by atoms with Gasteiger partial charge in [0, 0.05) is 5.69 Å². The second-order valence-corrected chi connectivity index (χ2v) is 6.26. The summed E-state index contributed by atoms with van der Waals surface area (Å²) in [6.07, 6.45) is 3.05. The highest BCUT2D eigenvalue weighted by Crippen LogP contribution is 2.37. The molecule has 0 atom stereocenters. The van der Waals surface area contributed by atoms with Crippen molar-refractivity contribution in [1.82, 2.24) is 0 Å². The van der Waals surface area contributed by atoms with E-state index in [1.54, 1.807) is 30.3 Å². The number of ether oxygens (including phenoxy) is 2. The number of nitrogens with zero attached hydrogens (tertiary/aromatic N) is 1. The highest BCUT2D eigenvalue weighted by molar-refractivity contribution is 6.32. The summed E-state index contributed by atoms with van der Waals surface area (Å²) in [7, 11) is 0. The van der Waals surface area contributed by atoms with Crippen molar-refractivity contribution in [1.29, 1.82) is 5.26 Å². The summed E-state index contributed by atoms with van der Waals surface area (Å²) in [5, 5.41) is 12.4. The topological polar surface area (TPSA) is 71.3 Å². The Morgan fingerprint density at radius 2 is 2.00 bits per heavy atom. The quantitative estimate of drug-likeness (QED) is 0.380. The van der Waals surface area contributed by atoms with Crippen LogP contribution < -0.4 is 14.8 Å². The summed E-state index contributed by atoms with van der Waals surface area (Å²) in [5.41, 5.74) is 2.18. The highest BCUT2D eigenvalue weighted by Gasteiger charge is 2.14. The summed E-state index contributed by atoms with van der Waals surface area (Å²) in [6.45, 7) is 8.08. The van der Waals surface area contributed by atoms with Crippen molar-refractivity contribution in [3.05, 3.63) is 70.8 Å². The van der Waals surface area contributed by atoms with Gasteiger partial charge in [-0.1, -0.05) is 42.0 Å². The number of halogens is 1. The van der Waals surface area contributed by atoms with Crippen LogP contribution in [0.15, 0.2) is 54.6 Å². The molecule has 2 aromatic rings. The third kappa shape index (κ3) is 5.63. The second kappa shape index (κ2) is 10.2. The van der Waals surface area contributed by atoms with Crippen LogP contribution in [-0.2, 0) is 4.79 Å². The number of nitrogens with one attached hydrogen (secondary N) is 1. The van der Waals surface area contributed by atoms with Gasteiger partial charge in [-0.15, -0.1) is 0 Å². The maximum Gasteiger partial charge on any atom is 0.266 e. The van der Waals surface area contributed by atoms with E-state index < -0.39 is 5.91 Å². The molecule has 1 amide bonds. The SMILES string of the molecule is C=CCOc1c(Cl)cc(/C=C(\C#N)C(=O)Nc2ccc(C)cc2)cc1OCC. The molecular weight excluding hydrogens is 376 g/mol. The number of anilines is 1. The summed E-state index contributed by atoms with van der Waals surface area (Å²) in [4.78, 5) is 12.4. The summed E-state index contributed by atoms with van der Waals surface area (Å²) in [5.74, 6) is 0.315. The van der Waals surface area contributed by atoms with E-state index in [9.17, 15) is 10.1 Å². The lowest BCUT2D eigenvalue weighted by molar-refractivity contribution is -0.112. The van der Waals surface area contributed by atoms with Gasteiger partial charge >= 0.3 is 0 Å². The monoisotopic (exact) mass is 396 g/mol. The van der Waals surface area contributed by atoms with Crippen LogP contribution in [0, 0.1) is 18.3 Å². The standard InChI is InChI=1S/C22H21ClN2O3/c1-4-10-28-21-19(23)12-16(13-20(21)27-5-2)11-17(14-24)22(26)25-18-8-6-15(3)7-9-18/h4,6-9,11-13H,1,5,10H2,2-3H3,(H,25,26)/b17-11+. The van der Waals surface area contributed by atoms with Crippen LogP contribution in [0.4, 0.5) is 5.69 Å². The van der Waals surface area contributed by atoms with E-state index in [0.717, 1.165) is 5.56 Å². The molecule has 5 nitrogen and oxygen atoms in total. The first-order valence-electron chi connectivity index (χ1n) is 8.68. The van der Waals surface area contributed by atoms with Gasteiger partial charge in [-0.05, 0) is 49.8 Å². The van der Waals surface area contributed by atoms with Gasteiger partial charge in [0.05, 0.1) is 11.6 Å². The van der Waals surface area contributed by atoms with Crippen molar-refractivity contribution in [3.8, 4) is 17.6 Å². The Balaban J connectivity index is 2.31. The number of rotatable bonds is 8. The van der Waals surface area contributed by atoms with Crippen LogP contribution >= 0.6 is 11.6 Å². The van der Waals surface area contributed by atoms with E-state index in [4.69, 9.17) is 21.1 Å². The Morgan fingerprint density at radius 1 is 1.29 bits per heavy atom. The molecule has 6 heteroatoms. The second-order valence-electron chi connectivity index (χ2n) is 5.85. The Labute approximate surface area is 169 Å². The molecule has 0 aliphatic carbocycles. The van der Waals surface area contributed by atoms with Gasteiger partial charge in [-0.2, -0.15) is 5.26 Å². The highest BCUT2D eigenvalue weighted by atomic mass is 35.5. The van der Waals surface area contributed by atoms with Crippen LogP contribution in [-0.4, -0.2) is 19.1 Å². The molecule has 0 aliphatic rings. The normalized spacial score (nSPS) is 10.7. The number of hydrogen-bond donors (Lipinski definition) is 1. The van der Waals surface area contributed by atoms with Crippen molar-refractivity contribution in [2.75, 3.05) is 18.5 Å². The van der Waals surface area contributed by atoms with Crippen molar-refractivity contribution >= 4 is 29.3 Å². The molecule has 1 N–H and O–H groups in total. The van der Waals surface area contributed by atoms with Crippen molar-refractivity contribution < 1.29 is 14.3 Å². The Morgan fingerprint density at radius 3 is 2.61 bits per heavy atom. The molecular formula is C22H21ClN2O3. The summed E-state index contributed by atoms with van der Waals surface area (Å²) in [6, 6.07) is 12.5. The number of amides is 1. The Kier molecular flexibility index (Phi) is 7.67. The van der Waals surface area contributed by atoms with E-state index >= 15 is 0 Å². The Bertz CT molecular complexity index is 928. The van der Waals surface area contributed by atoms with E-state index in [-0.39, 0.29) is 12.2 Å². The summed E-state index contributed by atoms with van der Waals surface area (Å²) >= 11 is 6.30. The van der Waals surface area contributed by atoms with Crippen molar-refractivity contribution in [2.24, 2.45) is 0 Å². The molecule has 0 fully saturated rings. The van der Waals surface area contributed by atoms with E-state index in [1.807, 2.05) is 32.0 Å². The zero-order valence-corrected chi connectivity index (χ0v) is 16.5. The first-order valence-corrected chi connectivity index (χ1v) is 9.06. The summed E-state index contributed by atoms with van der Waals surface area (Å²) < 4.78 is 11.1. The number of hydrogen-bond acceptors (Lipinski definition) is 4. The number of nitriles is 1. The number of benzene rings is 2. The van der Waals surface area contributed by atoms with Crippen LogP contribution in [0.1, 0.15) is 18.1 Å². The molecule has 28 heavy (non-hydrogen) atoms. The molecule has 0 bridgehead atoms. The van der Waals surface area contributed by atoms with Crippen molar-refractivity contribution in [2.45, 2.75) is 13.8 Å². The zero-order valence-electron chi connectivity index (χ0n) is 15.8. The molecule has 0 aliphatic heterocycles. The van der Waals surface area contributed by atoms with Gasteiger partial charge in [-0.3, -0.25) is 4.79 Å². The predicted molar refractivity (Wildman–Crippen MR) is 112 cm³/mol. The molecule has 0 radical (unpaired) electrons. The van der Waals surface area contributed by atoms with Gasteiger partial charge in [-0.25, -0.2) is 0 Å². The number of carbonyl (C=O) groups excluding carboxylic acids is 1. The molecule has 144 valence electrons. The lowest BCUT2D eigenvalue weighted by Crippen LogP contribution is -2.13. The van der Waals surface area contributed by atoms with Crippen LogP contribution in [0.3, 0.4) is 0 Å². The number of carbonyl (C=O) groups is 1. The Hall–Kier alpha value is -3.23. The molecule has 0 unspecified atom stereocenters. The van der Waals surface area contributed by atoms with Crippen LogP contribution in [0.5, 0.6) is 11.5 Å². The van der Waals surface area contributed by atoms with Crippen LogP contribution in [0.25, 0.3) is 6.08 Å². The van der Waals surface area contributed by atoms with E-state index in [1.165, 1.54) is 6.08 Å². The number of aryl methyl sites for hydroxylation is 1. The first-order chi connectivity index (χ1) is 13.5. The maximum atomic E-state index is 12.4. The van der Waals surface area contributed by atoms with E-state index in [2.05, 4.69) is 11.9 Å². The first kappa shape index (κ1) is 21.1. The smallest absolute Gasteiger partial charge is 0.266 e. The minimum Gasteiger partial charge on any atom is -0.490 e. The molecule has 2 rings (SSSR count). The minimum absolute atomic E-state index is 0.0566. The fraction of sp³-hybridized carbons (Fsp3) is 0.182. The minimum atomic E-state index is -0.507. The molecule has 0 heterocycles. The predicted octanol–water partition coefficient (Wildman–Crippen LogP) is 5.16. The fourth-order valence-corrected chi connectivity index (χ4v) is 2.64. The largest absolute Gasteiger partial charge is 0.490 e. The maximum absolute atomic E-state index is 12.4. The van der Waals surface area contributed by atoms with E-state index in [0.29, 0.717) is 34.4 Å². The van der Waals surface area contributed by atoms with Crippen molar-refractivity contribution in [3.63, 3.8) is 0 Å². The molecule has 0 spiro atoms. The lowest BCUT2D eigenvalue weighted by Gasteiger charge is -2.13. The van der Waals surface area contributed by atoms with Gasteiger partial charge in [0.15, 0.2) is 11.5 Å². The molecule has 0 aromatic heterocycles. The van der Waals surface area contributed by atoms with Gasteiger partial charge in [0.1, 0.15) is 18.2 Å². The average molecular weight is 397 g/mol. The van der Waals surface area contributed by atoms with Gasteiger partial charge in [0.2, 0.25) is 0 Å². The molecule has 0 saturated heterocycles. The van der Waals surface area contributed by atoms with Gasteiger partial charge in [0.25, 0.3) is 5.91 Å². The third-order valence-electron chi connectivity index (χ3n) is 3.66. The third-order valence-corrected chi connectivity index (χ3v) is 3.94.